The first kappa shape index (κ1) is 11.7. The molecule has 1 aromatic rings. The van der Waals surface area contributed by atoms with Crippen LogP contribution in [0.25, 0.3) is 0 Å². The fourth-order valence-electron chi connectivity index (χ4n) is 2.79. The molecule has 3 heteroatoms. The minimum Gasteiger partial charge on any atom is -0.314 e. The van der Waals surface area contributed by atoms with Crippen molar-refractivity contribution in [3.8, 4) is 0 Å². The maximum absolute atomic E-state index is 4.79. The Kier molecular flexibility index (Phi) is 3.48. The van der Waals surface area contributed by atoms with E-state index in [-0.39, 0.29) is 0 Å². The van der Waals surface area contributed by atoms with Gasteiger partial charge < -0.3 is 5.32 Å². The van der Waals surface area contributed by atoms with Gasteiger partial charge >= 0.3 is 0 Å². The molecule has 2 aliphatic rings. The SMILES string of the molecule is Cc1nc(C2CCC2)sc1CC1CCCCN1. The van der Waals surface area contributed by atoms with E-state index in [0.29, 0.717) is 6.04 Å². The Hall–Kier alpha value is -0.410. The highest BCUT2D eigenvalue weighted by Gasteiger charge is 2.24. The van der Waals surface area contributed by atoms with E-state index in [1.807, 2.05) is 11.3 Å². The molecule has 2 heterocycles. The first-order valence-corrected chi connectivity index (χ1v) is 7.84. The van der Waals surface area contributed by atoms with E-state index in [2.05, 4.69) is 12.2 Å². The van der Waals surface area contributed by atoms with Crippen molar-refractivity contribution in [2.75, 3.05) is 6.54 Å². The molecular weight excluding hydrogens is 228 g/mol. The van der Waals surface area contributed by atoms with Gasteiger partial charge in [0.05, 0.1) is 10.7 Å². The highest BCUT2D eigenvalue weighted by Crippen LogP contribution is 2.39. The molecule has 0 amide bonds. The quantitative estimate of drug-likeness (QED) is 0.889. The van der Waals surface area contributed by atoms with E-state index < -0.39 is 0 Å². The van der Waals surface area contributed by atoms with Crippen molar-refractivity contribution >= 4 is 11.3 Å². The summed E-state index contributed by atoms with van der Waals surface area (Å²) in [6, 6.07) is 0.706. The number of nitrogens with zero attached hydrogens (tertiary/aromatic N) is 1. The summed E-state index contributed by atoms with van der Waals surface area (Å²) in [5, 5.41) is 5.06. The van der Waals surface area contributed by atoms with Gasteiger partial charge in [0.25, 0.3) is 0 Å². The predicted octanol–water partition coefficient (Wildman–Crippen LogP) is 3.40. The summed E-state index contributed by atoms with van der Waals surface area (Å²) >= 11 is 1.99. The molecule has 1 saturated heterocycles. The van der Waals surface area contributed by atoms with Crippen LogP contribution in [0.4, 0.5) is 0 Å². The number of thiazole rings is 1. The number of aryl methyl sites for hydroxylation is 1. The summed E-state index contributed by atoms with van der Waals surface area (Å²) in [6.45, 7) is 3.40. The van der Waals surface area contributed by atoms with Crippen molar-refractivity contribution < 1.29 is 0 Å². The fraction of sp³-hybridized carbons (Fsp3) is 0.786. The van der Waals surface area contributed by atoms with Gasteiger partial charge in [-0.15, -0.1) is 11.3 Å². The predicted molar refractivity (Wildman–Crippen MR) is 72.8 cm³/mol. The summed E-state index contributed by atoms with van der Waals surface area (Å²) in [5.74, 6) is 0.798. The van der Waals surface area contributed by atoms with E-state index in [0.717, 1.165) is 5.92 Å². The van der Waals surface area contributed by atoms with Crippen LogP contribution >= 0.6 is 11.3 Å². The molecule has 1 aliphatic heterocycles. The lowest BCUT2D eigenvalue weighted by atomic mass is 9.86. The molecule has 0 bridgehead atoms. The van der Waals surface area contributed by atoms with E-state index in [9.17, 15) is 0 Å². The molecule has 3 rings (SSSR count). The van der Waals surface area contributed by atoms with Crippen molar-refractivity contribution in [3.63, 3.8) is 0 Å². The van der Waals surface area contributed by atoms with Crippen LogP contribution in [0.3, 0.4) is 0 Å². The normalized spacial score (nSPS) is 25.8. The largest absolute Gasteiger partial charge is 0.314 e. The van der Waals surface area contributed by atoms with E-state index in [1.54, 1.807) is 0 Å². The highest BCUT2D eigenvalue weighted by atomic mass is 32.1. The van der Waals surface area contributed by atoms with Gasteiger partial charge in [-0.25, -0.2) is 4.98 Å². The average molecular weight is 250 g/mol. The first-order chi connectivity index (χ1) is 8.33. The van der Waals surface area contributed by atoms with Gasteiger partial charge in [-0.2, -0.15) is 0 Å². The molecule has 94 valence electrons. The standard InChI is InChI=1S/C14H22N2S/c1-10-13(9-12-7-2-3-8-15-12)17-14(16-10)11-5-4-6-11/h11-12,15H,2-9H2,1H3. The third-order valence-corrected chi connectivity index (χ3v) is 5.55. The summed E-state index contributed by atoms with van der Waals surface area (Å²) in [4.78, 5) is 6.32. The molecule has 17 heavy (non-hydrogen) atoms. The number of aromatic nitrogens is 1. The van der Waals surface area contributed by atoms with E-state index in [4.69, 9.17) is 4.98 Å². The van der Waals surface area contributed by atoms with Gasteiger partial charge in [0.15, 0.2) is 0 Å². The molecule has 2 fully saturated rings. The van der Waals surface area contributed by atoms with Crippen LogP contribution in [0, 0.1) is 6.92 Å². The van der Waals surface area contributed by atoms with Gasteiger partial charge in [-0.1, -0.05) is 12.8 Å². The monoisotopic (exact) mass is 250 g/mol. The second kappa shape index (κ2) is 5.07. The molecule has 1 aliphatic carbocycles. The number of piperidine rings is 1. The number of hydrogen-bond donors (Lipinski definition) is 1. The molecule has 1 aromatic heterocycles. The van der Waals surface area contributed by atoms with E-state index in [1.165, 1.54) is 67.1 Å². The number of nitrogens with one attached hydrogen (secondary N) is 1. The van der Waals surface area contributed by atoms with Gasteiger partial charge in [0.2, 0.25) is 0 Å². The third-order valence-electron chi connectivity index (χ3n) is 4.21. The fourth-order valence-corrected chi connectivity index (χ4v) is 4.11. The Bertz CT molecular complexity index is 376. The lowest BCUT2D eigenvalue weighted by molar-refractivity contribution is 0.400. The first-order valence-electron chi connectivity index (χ1n) is 7.02. The highest BCUT2D eigenvalue weighted by molar-refractivity contribution is 7.11. The molecule has 0 radical (unpaired) electrons. The van der Waals surface area contributed by atoms with Crippen LogP contribution in [-0.4, -0.2) is 17.6 Å². The Morgan fingerprint density at radius 1 is 1.24 bits per heavy atom. The van der Waals surface area contributed by atoms with Crippen LogP contribution in [0.2, 0.25) is 0 Å². The Morgan fingerprint density at radius 2 is 2.12 bits per heavy atom. The van der Waals surface area contributed by atoms with Crippen molar-refractivity contribution in [2.45, 2.75) is 63.8 Å². The molecule has 1 unspecified atom stereocenters. The van der Waals surface area contributed by atoms with Gasteiger partial charge in [0.1, 0.15) is 0 Å². The van der Waals surface area contributed by atoms with Gasteiger partial charge in [0, 0.05) is 16.8 Å². The van der Waals surface area contributed by atoms with Crippen LogP contribution < -0.4 is 5.32 Å². The molecule has 1 saturated carbocycles. The minimum atomic E-state index is 0.706. The maximum atomic E-state index is 4.79. The smallest absolute Gasteiger partial charge is 0.0961 e. The van der Waals surface area contributed by atoms with Crippen LogP contribution in [0.1, 0.15) is 60.0 Å². The summed E-state index contributed by atoms with van der Waals surface area (Å²) in [6.07, 6.45) is 9.44. The number of hydrogen-bond acceptors (Lipinski definition) is 3. The summed E-state index contributed by atoms with van der Waals surface area (Å²) in [5.41, 5.74) is 1.30. The molecular formula is C14H22N2S. The van der Waals surface area contributed by atoms with Crippen molar-refractivity contribution in [3.05, 3.63) is 15.6 Å². The second-order valence-corrected chi connectivity index (χ2v) is 6.65. The lowest BCUT2D eigenvalue weighted by Gasteiger charge is -2.23. The van der Waals surface area contributed by atoms with Crippen molar-refractivity contribution in [1.82, 2.24) is 10.3 Å². The topological polar surface area (TPSA) is 24.9 Å². The zero-order chi connectivity index (χ0) is 11.7. The second-order valence-electron chi connectivity index (χ2n) is 5.54. The van der Waals surface area contributed by atoms with Crippen molar-refractivity contribution in [2.24, 2.45) is 0 Å². The van der Waals surface area contributed by atoms with Crippen LogP contribution in [-0.2, 0) is 6.42 Å². The Labute approximate surface area is 108 Å². The molecule has 1 N–H and O–H groups in total. The Balaban J connectivity index is 1.66. The number of rotatable bonds is 3. The lowest BCUT2D eigenvalue weighted by Crippen LogP contribution is -2.35. The summed E-state index contributed by atoms with van der Waals surface area (Å²) < 4.78 is 0. The van der Waals surface area contributed by atoms with Gasteiger partial charge in [-0.3, -0.25) is 0 Å². The van der Waals surface area contributed by atoms with Crippen LogP contribution in [0.15, 0.2) is 0 Å². The van der Waals surface area contributed by atoms with Crippen molar-refractivity contribution in [1.29, 1.82) is 0 Å². The van der Waals surface area contributed by atoms with E-state index >= 15 is 0 Å². The molecule has 1 atom stereocenters. The molecule has 0 spiro atoms. The summed E-state index contributed by atoms with van der Waals surface area (Å²) in [7, 11) is 0. The zero-order valence-electron chi connectivity index (χ0n) is 10.7. The maximum Gasteiger partial charge on any atom is 0.0961 e. The van der Waals surface area contributed by atoms with Crippen LogP contribution in [0.5, 0.6) is 0 Å². The molecule has 2 nitrogen and oxygen atoms in total. The van der Waals surface area contributed by atoms with Gasteiger partial charge in [-0.05, 0) is 45.6 Å². The zero-order valence-corrected chi connectivity index (χ0v) is 11.5. The average Bonchev–Trinajstić information content (AvgIpc) is 2.59. The Morgan fingerprint density at radius 3 is 2.76 bits per heavy atom. The third kappa shape index (κ3) is 2.55. The minimum absolute atomic E-state index is 0.706. The molecule has 0 aromatic carbocycles.